The fraction of sp³-hybridized carbons (Fsp3) is 0.286. The number of likely N-dealkylation sites (tertiary alicyclic amines) is 1. The Kier molecular flexibility index (Phi) is 4.26. The molecule has 0 bridgehead atoms. The molecule has 1 fully saturated rings. The topological polar surface area (TPSA) is 36.1 Å². The molecular weight excluding hydrogens is 315 g/mol. The zero-order chi connectivity index (χ0) is 17.2. The van der Waals surface area contributed by atoms with Crippen molar-refractivity contribution >= 4 is 16.8 Å². The van der Waals surface area contributed by atoms with Crippen LogP contribution in [-0.4, -0.2) is 28.9 Å². The van der Waals surface area contributed by atoms with Crippen molar-refractivity contribution in [2.45, 2.75) is 25.2 Å². The number of hydrogen-bond donors (Lipinski definition) is 1. The van der Waals surface area contributed by atoms with E-state index in [1.165, 1.54) is 6.07 Å². The van der Waals surface area contributed by atoms with Crippen LogP contribution in [0.25, 0.3) is 10.9 Å². The second-order valence-corrected chi connectivity index (χ2v) is 6.69. The van der Waals surface area contributed by atoms with E-state index in [4.69, 9.17) is 0 Å². The molecule has 25 heavy (non-hydrogen) atoms. The summed E-state index contributed by atoms with van der Waals surface area (Å²) in [7, 11) is 0. The number of halogens is 1. The number of benzene rings is 2. The second kappa shape index (κ2) is 6.71. The van der Waals surface area contributed by atoms with Crippen LogP contribution in [0.5, 0.6) is 0 Å². The molecular formula is C21H21FN2O. The Balaban J connectivity index is 1.74. The van der Waals surface area contributed by atoms with Crippen molar-refractivity contribution < 1.29 is 9.18 Å². The normalized spacial score (nSPS) is 15.6. The lowest BCUT2D eigenvalue weighted by Gasteiger charge is -2.21. The molecule has 1 atom stereocenters. The third-order valence-corrected chi connectivity index (χ3v) is 5.09. The van der Waals surface area contributed by atoms with E-state index in [9.17, 15) is 9.18 Å². The number of hydrogen-bond acceptors (Lipinski definition) is 1. The number of para-hydroxylation sites is 1. The van der Waals surface area contributed by atoms with Crippen molar-refractivity contribution in [3.8, 4) is 0 Å². The van der Waals surface area contributed by atoms with Crippen LogP contribution in [0, 0.1) is 5.82 Å². The van der Waals surface area contributed by atoms with E-state index < -0.39 is 0 Å². The molecule has 1 amide bonds. The smallest absolute Gasteiger partial charge is 0.223 e. The van der Waals surface area contributed by atoms with Crippen LogP contribution in [0.2, 0.25) is 0 Å². The van der Waals surface area contributed by atoms with Crippen molar-refractivity contribution in [1.82, 2.24) is 9.88 Å². The summed E-state index contributed by atoms with van der Waals surface area (Å²) >= 11 is 0. The van der Waals surface area contributed by atoms with Crippen LogP contribution in [-0.2, 0) is 4.79 Å². The number of rotatable bonds is 4. The number of aromatic amines is 1. The fourth-order valence-corrected chi connectivity index (χ4v) is 3.78. The Morgan fingerprint density at radius 3 is 2.72 bits per heavy atom. The van der Waals surface area contributed by atoms with Crippen LogP contribution >= 0.6 is 0 Å². The maximum atomic E-state index is 13.8. The number of amides is 1. The van der Waals surface area contributed by atoms with E-state index >= 15 is 0 Å². The molecule has 4 heteroatoms. The van der Waals surface area contributed by atoms with Gasteiger partial charge < -0.3 is 9.88 Å². The minimum absolute atomic E-state index is 0.150. The van der Waals surface area contributed by atoms with Crippen LogP contribution < -0.4 is 0 Å². The molecule has 2 heterocycles. The minimum Gasteiger partial charge on any atom is -0.361 e. The first-order chi connectivity index (χ1) is 12.2. The average Bonchev–Trinajstić information content (AvgIpc) is 3.29. The van der Waals surface area contributed by atoms with Gasteiger partial charge in [0.25, 0.3) is 0 Å². The lowest BCUT2D eigenvalue weighted by molar-refractivity contribution is -0.130. The SMILES string of the molecule is O=C(CC(c1cccc(F)c1)c1c[nH]c2ccccc12)N1CCCC1. The molecule has 1 saturated heterocycles. The van der Waals surface area contributed by atoms with Crippen LogP contribution in [0.4, 0.5) is 4.39 Å². The highest BCUT2D eigenvalue weighted by Gasteiger charge is 2.25. The van der Waals surface area contributed by atoms with Crippen molar-refractivity contribution in [1.29, 1.82) is 0 Å². The summed E-state index contributed by atoms with van der Waals surface area (Å²) in [5.74, 6) is -0.270. The summed E-state index contributed by atoms with van der Waals surface area (Å²) in [6.07, 6.45) is 4.47. The van der Waals surface area contributed by atoms with Gasteiger partial charge in [-0.1, -0.05) is 30.3 Å². The molecule has 128 valence electrons. The van der Waals surface area contributed by atoms with Gasteiger partial charge in [0.15, 0.2) is 0 Å². The lowest BCUT2D eigenvalue weighted by Crippen LogP contribution is -2.29. The molecule has 1 aliphatic rings. The zero-order valence-electron chi connectivity index (χ0n) is 14.0. The van der Waals surface area contributed by atoms with Gasteiger partial charge in [-0.3, -0.25) is 4.79 Å². The highest BCUT2D eigenvalue weighted by molar-refractivity contribution is 5.86. The third kappa shape index (κ3) is 3.16. The maximum absolute atomic E-state index is 13.8. The Morgan fingerprint density at radius 1 is 1.12 bits per heavy atom. The van der Waals surface area contributed by atoms with E-state index in [0.717, 1.165) is 48.0 Å². The summed E-state index contributed by atoms with van der Waals surface area (Å²) in [6.45, 7) is 1.67. The first-order valence-electron chi connectivity index (χ1n) is 8.81. The summed E-state index contributed by atoms with van der Waals surface area (Å²) in [5, 5.41) is 1.09. The second-order valence-electron chi connectivity index (χ2n) is 6.69. The summed E-state index contributed by atoms with van der Waals surface area (Å²) in [4.78, 5) is 18.0. The van der Waals surface area contributed by atoms with E-state index in [0.29, 0.717) is 6.42 Å². The van der Waals surface area contributed by atoms with Gasteiger partial charge in [0, 0.05) is 42.5 Å². The molecule has 2 aromatic carbocycles. The van der Waals surface area contributed by atoms with Gasteiger partial charge in [-0.15, -0.1) is 0 Å². The van der Waals surface area contributed by atoms with E-state index in [-0.39, 0.29) is 17.6 Å². The standard InChI is InChI=1S/C21H21FN2O/c22-16-7-5-6-15(12-16)18(13-21(25)24-10-3-4-11-24)19-14-23-20-9-2-1-8-17(19)20/h1-2,5-9,12,14,18,23H,3-4,10-11,13H2. The van der Waals surface area contributed by atoms with Crippen LogP contribution in [0.3, 0.4) is 0 Å². The minimum atomic E-state index is -0.268. The van der Waals surface area contributed by atoms with E-state index in [1.807, 2.05) is 41.4 Å². The predicted molar refractivity (Wildman–Crippen MR) is 97.0 cm³/mol. The van der Waals surface area contributed by atoms with Gasteiger partial charge in [-0.25, -0.2) is 4.39 Å². The van der Waals surface area contributed by atoms with E-state index in [2.05, 4.69) is 4.98 Å². The maximum Gasteiger partial charge on any atom is 0.223 e. The molecule has 1 aliphatic heterocycles. The van der Waals surface area contributed by atoms with Crippen molar-refractivity contribution in [2.75, 3.05) is 13.1 Å². The number of nitrogens with one attached hydrogen (secondary N) is 1. The lowest BCUT2D eigenvalue weighted by atomic mass is 9.87. The number of H-pyrrole nitrogens is 1. The number of aromatic nitrogens is 1. The Morgan fingerprint density at radius 2 is 1.92 bits per heavy atom. The van der Waals surface area contributed by atoms with Crippen molar-refractivity contribution in [3.63, 3.8) is 0 Å². The molecule has 0 aliphatic carbocycles. The van der Waals surface area contributed by atoms with Crippen molar-refractivity contribution in [2.24, 2.45) is 0 Å². The molecule has 0 radical (unpaired) electrons. The number of carbonyl (C=O) groups excluding carboxylic acids is 1. The first kappa shape index (κ1) is 15.9. The quantitative estimate of drug-likeness (QED) is 0.751. The number of fused-ring (bicyclic) bond motifs is 1. The van der Waals surface area contributed by atoms with Crippen LogP contribution in [0.1, 0.15) is 36.3 Å². The van der Waals surface area contributed by atoms with Gasteiger partial charge in [0.1, 0.15) is 5.82 Å². The largest absolute Gasteiger partial charge is 0.361 e. The van der Waals surface area contributed by atoms with Crippen LogP contribution in [0.15, 0.2) is 54.7 Å². The molecule has 4 rings (SSSR count). The number of nitrogens with zero attached hydrogens (tertiary/aromatic N) is 1. The molecule has 3 nitrogen and oxygen atoms in total. The third-order valence-electron chi connectivity index (χ3n) is 5.09. The monoisotopic (exact) mass is 336 g/mol. The fourth-order valence-electron chi connectivity index (χ4n) is 3.78. The molecule has 1 aromatic heterocycles. The Labute approximate surface area is 146 Å². The summed E-state index contributed by atoms with van der Waals surface area (Å²) in [6, 6.07) is 14.7. The highest BCUT2D eigenvalue weighted by Crippen LogP contribution is 2.34. The molecule has 3 aromatic rings. The zero-order valence-corrected chi connectivity index (χ0v) is 14.0. The first-order valence-corrected chi connectivity index (χ1v) is 8.81. The number of carbonyl (C=O) groups is 1. The van der Waals surface area contributed by atoms with E-state index in [1.54, 1.807) is 12.1 Å². The highest BCUT2D eigenvalue weighted by atomic mass is 19.1. The van der Waals surface area contributed by atoms with Gasteiger partial charge in [0.2, 0.25) is 5.91 Å². The molecule has 0 saturated carbocycles. The molecule has 1 unspecified atom stereocenters. The van der Waals surface area contributed by atoms with Crippen molar-refractivity contribution in [3.05, 3.63) is 71.7 Å². The van der Waals surface area contributed by atoms with Gasteiger partial charge in [-0.2, -0.15) is 0 Å². The Bertz CT molecular complexity index is 896. The van der Waals surface area contributed by atoms with Gasteiger partial charge in [0.05, 0.1) is 0 Å². The average molecular weight is 336 g/mol. The predicted octanol–water partition coefficient (Wildman–Crippen LogP) is 4.45. The summed E-state index contributed by atoms with van der Waals surface area (Å²) < 4.78 is 13.8. The van der Waals surface area contributed by atoms with Gasteiger partial charge in [-0.05, 0) is 42.2 Å². The summed E-state index contributed by atoms with van der Waals surface area (Å²) in [5.41, 5.74) is 2.93. The van der Waals surface area contributed by atoms with Gasteiger partial charge >= 0.3 is 0 Å². The Hall–Kier alpha value is -2.62. The molecule has 1 N–H and O–H groups in total. The molecule has 0 spiro atoms.